The molecule has 2 rings (SSSR count). The number of nitrogens with one attached hydrogen (secondary N) is 1. The van der Waals surface area contributed by atoms with Crippen molar-refractivity contribution in [3.63, 3.8) is 0 Å². The van der Waals surface area contributed by atoms with Crippen molar-refractivity contribution in [2.45, 2.75) is 26.7 Å². The van der Waals surface area contributed by atoms with Crippen LogP contribution in [0.15, 0.2) is 10.5 Å². The largest absolute Gasteiger partial charge is 0.456 e. The molecule has 0 spiro atoms. The van der Waals surface area contributed by atoms with Crippen LogP contribution in [-0.2, 0) is 0 Å². The number of rotatable bonds is 3. The van der Waals surface area contributed by atoms with Gasteiger partial charge in [-0.1, -0.05) is 0 Å². The second-order valence-corrected chi connectivity index (χ2v) is 5.19. The minimum absolute atomic E-state index is 0.0430. The molecule has 4 heteroatoms. The van der Waals surface area contributed by atoms with Crippen molar-refractivity contribution in [1.29, 1.82) is 0 Å². The van der Waals surface area contributed by atoms with Gasteiger partial charge in [-0.25, -0.2) is 0 Å². The zero-order chi connectivity index (χ0) is 13.1. The smallest absolute Gasteiger partial charge is 0.289 e. The maximum absolute atomic E-state index is 12.4. The van der Waals surface area contributed by atoms with E-state index in [0.717, 1.165) is 37.4 Å². The first-order chi connectivity index (χ1) is 8.61. The molecule has 1 saturated heterocycles. The summed E-state index contributed by atoms with van der Waals surface area (Å²) in [5, 5.41) is 3.19. The van der Waals surface area contributed by atoms with E-state index in [2.05, 4.69) is 5.32 Å². The Kier molecular flexibility index (Phi) is 4.07. The topological polar surface area (TPSA) is 45.5 Å². The number of aryl methyl sites for hydroxylation is 2. The molecule has 2 heterocycles. The van der Waals surface area contributed by atoms with Gasteiger partial charge in [-0.3, -0.25) is 4.79 Å². The highest BCUT2D eigenvalue weighted by atomic mass is 16.4. The molecule has 18 heavy (non-hydrogen) atoms. The van der Waals surface area contributed by atoms with Crippen LogP contribution in [0.1, 0.15) is 34.7 Å². The van der Waals surface area contributed by atoms with Gasteiger partial charge in [0.2, 0.25) is 0 Å². The average molecular weight is 250 g/mol. The summed E-state index contributed by atoms with van der Waals surface area (Å²) in [6.07, 6.45) is 2.28. The Hall–Kier alpha value is -1.29. The van der Waals surface area contributed by atoms with Crippen LogP contribution in [0.2, 0.25) is 0 Å². The van der Waals surface area contributed by atoms with Gasteiger partial charge in [0.05, 0.1) is 0 Å². The Morgan fingerprint density at radius 2 is 2.33 bits per heavy atom. The van der Waals surface area contributed by atoms with Gasteiger partial charge in [0.15, 0.2) is 5.76 Å². The number of nitrogens with zero attached hydrogens (tertiary/aromatic N) is 1. The van der Waals surface area contributed by atoms with Gasteiger partial charge < -0.3 is 14.6 Å². The molecule has 0 radical (unpaired) electrons. The number of carbonyl (C=O) groups is 1. The van der Waals surface area contributed by atoms with Gasteiger partial charge in [-0.15, -0.1) is 0 Å². The third kappa shape index (κ3) is 2.75. The quantitative estimate of drug-likeness (QED) is 0.892. The van der Waals surface area contributed by atoms with Crippen LogP contribution < -0.4 is 5.32 Å². The number of carbonyl (C=O) groups excluding carboxylic acids is 1. The van der Waals surface area contributed by atoms with Crippen LogP contribution >= 0.6 is 0 Å². The lowest BCUT2D eigenvalue weighted by Gasteiger charge is -2.32. The lowest BCUT2D eigenvalue weighted by Crippen LogP contribution is -2.42. The van der Waals surface area contributed by atoms with Crippen LogP contribution in [0.25, 0.3) is 0 Å². The van der Waals surface area contributed by atoms with Gasteiger partial charge in [0.1, 0.15) is 5.76 Å². The molecular formula is C14H22N2O2. The van der Waals surface area contributed by atoms with E-state index >= 15 is 0 Å². The number of amides is 1. The third-order valence-electron chi connectivity index (χ3n) is 3.53. The van der Waals surface area contributed by atoms with Crippen LogP contribution in [0, 0.1) is 19.8 Å². The van der Waals surface area contributed by atoms with Crippen molar-refractivity contribution in [3.05, 3.63) is 23.2 Å². The molecule has 1 atom stereocenters. The molecule has 1 fully saturated rings. The normalized spacial score (nSPS) is 20.2. The van der Waals surface area contributed by atoms with Crippen LogP contribution in [-0.4, -0.2) is 37.5 Å². The van der Waals surface area contributed by atoms with E-state index in [4.69, 9.17) is 4.42 Å². The second kappa shape index (κ2) is 5.57. The summed E-state index contributed by atoms with van der Waals surface area (Å²) in [7, 11) is 1.96. The van der Waals surface area contributed by atoms with Crippen LogP contribution in [0.4, 0.5) is 0 Å². The molecule has 1 N–H and O–H groups in total. The van der Waals surface area contributed by atoms with Crippen molar-refractivity contribution in [1.82, 2.24) is 10.2 Å². The molecular weight excluding hydrogens is 228 g/mol. The lowest BCUT2D eigenvalue weighted by atomic mass is 9.97. The number of furan rings is 1. The molecule has 100 valence electrons. The Labute approximate surface area is 108 Å². The third-order valence-corrected chi connectivity index (χ3v) is 3.53. The molecule has 1 aromatic rings. The maximum atomic E-state index is 12.4. The van der Waals surface area contributed by atoms with Gasteiger partial charge in [-0.05, 0) is 52.3 Å². The summed E-state index contributed by atoms with van der Waals surface area (Å²) in [4.78, 5) is 14.3. The number of piperidine rings is 1. The monoisotopic (exact) mass is 250 g/mol. The average Bonchev–Trinajstić information content (AvgIpc) is 2.68. The van der Waals surface area contributed by atoms with Crippen molar-refractivity contribution >= 4 is 5.91 Å². The molecule has 1 aliphatic heterocycles. The first-order valence-corrected chi connectivity index (χ1v) is 6.62. The number of likely N-dealkylation sites (tertiary alicyclic amines) is 1. The fraction of sp³-hybridized carbons (Fsp3) is 0.643. The fourth-order valence-corrected chi connectivity index (χ4v) is 2.70. The van der Waals surface area contributed by atoms with E-state index in [1.54, 1.807) is 0 Å². The summed E-state index contributed by atoms with van der Waals surface area (Å²) in [5.74, 6) is 1.92. The van der Waals surface area contributed by atoms with Gasteiger partial charge in [-0.2, -0.15) is 0 Å². The Morgan fingerprint density at radius 3 is 2.94 bits per heavy atom. The van der Waals surface area contributed by atoms with Gasteiger partial charge in [0.25, 0.3) is 5.91 Å². The summed E-state index contributed by atoms with van der Waals surface area (Å²) >= 11 is 0. The molecule has 0 saturated carbocycles. The zero-order valence-corrected chi connectivity index (χ0v) is 11.5. The SMILES string of the molecule is CNCC1CCCN(C(=O)c2oc(C)cc2C)C1. The fourth-order valence-electron chi connectivity index (χ4n) is 2.70. The van der Waals surface area contributed by atoms with E-state index in [0.29, 0.717) is 11.7 Å². The van der Waals surface area contributed by atoms with Crippen molar-refractivity contribution in [2.24, 2.45) is 5.92 Å². The summed E-state index contributed by atoms with van der Waals surface area (Å²) in [6, 6.07) is 1.92. The highest BCUT2D eigenvalue weighted by Gasteiger charge is 2.26. The highest BCUT2D eigenvalue weighted by Crippen LogP contribution is 2.21. The molecule has 4 nitrogen and oxygen atoms in total. The Morgan fingerprint density at radius 1 is 1.56 bits per heavy atom. The van der Waals surface area contributed by atoms with E-state index in [9.17, 15) is 4.79 Å². The van der Waals surface area contributed by atoms with Crippen molar-refractivity contribution in [3.8, 4) is 0 Å². The standard InChI is InChI=1S/C14H22N2O2/c1-10-7-11(2)18-13(10)14(17)16-6-4-5-12(9-16)8-15-3/h7,12,15H,4-6,8-9H2,1-3H3. The van der Waals surface area contributed by atoms with Crippen LogP contribution in [0.3, 0.4) is 0 Å². The molecule has 0 aromatic carbocycles. The predicted molar refractivity (Wildman–Crippen MR) is 70.7 cm³/mol. The Bertz CT molecular complexity index is 423. The van der Waals surface area contributed by atoms with Crippen LogP contribution in [0.5, 0.6) is 0 Å². The predicted octanol–water partition coefficient (Wildman–Crippen LogP) is 1.97. The second-order valence-electron chi connectivity index (χ2n) is 5.19. The summed E-state index contributed by atoms with van der Waals surface area (Å²) in [6.45, 7) is 6.46. The molecule has 0 aliphatic carbocycles. The summed E-state index contributed by atoms with van der Waals surface area (Å²) in [5.41, 5.74) is 0.938. The first kappa shape index (κ1) is 13.1. The number of hydrogen-bond acceptors (Lipinski definition) is 3. The molecule has 1 aromatic heterocycles. The lowest BCUT2D eigenvalue weighted by molar-refractivity contribution is 0.0640. The van der Waals surface area contributed by atoms with E-state index in [-0.39, 0.29) is 5.91 Å². The molecule has 1 aliphatic rings. The number of hydrogen-bond donors (Lipinski definition) is 1. The molecule has 1 amide bonds. The summed E-state index contributed by atoms with van der Waals surface area (Å²) < 4.78 is 5.52. The van der Waals surface area contributed by atoms with E-state index < -0.39 is 0 Å². The zero-order valence-electron chi connectivity index (χ0n) is 11.5. The Balaban J connectivity index is 2.06. The van der Waals surface area contributed by atoms with Gasteiger partial charge in [0, 0.05) is 18.7 Å². The minimum atomic E-state index is 0.0430. The minimum Gasteiger partial charge on any atom is -0.456 e. The maximum Gasteiger partial charge on any atom is 0.289 e. The van der Waals surface area contributed by atoms with E-state index in [1.165, 1.54) is 6.42 Å². The highest BCUT2D eigenvalue weighted by molar-refractivity contribution is 5.93. The first-order valence-electron chi connectivity index (χ1n) is 6.62. The van der Waals surface area contributed by atoms with Gasteiger partial charge >= 0.3 is 0 Å². The molecule has 1 unspecified atom stereocenters. The van der Waals surface area contributed by atoms with Crippen molar-refractivity contribution in [2.75, 3.05) is 26.7 Å². The van der Waals surface area contributed by atoms with Crippen molar-refractivity contribution < 1.29 is 9.21 Å². The van der Waals surface area contributed by atoms with E-state index in [1.807, 2.05) is 31.9 Å². The molecule has 0 bridgehead atoms.